The molecule has 1 heterocycles. The zero-order valence-electron chi connectivity index (χ0n) is 10.3. The highest BCUT2D eigenvalue weighted by Gasteiger charge is 2.19. The van der Waals surface area contributed by atoms with Gasteiger partial charge in [0.05, 0.1) is 21.7 Å². The van der Waals surface area contributed by atoms with E-state index in [-0.39, 0.29) is 21.2 Å². The number of aromatic carboxylic acids is 1. The molecule has 0 aliphatic rings. The molecule has 0 saturated carbocycles. The largest absolute Gasteiger partial charge is 0.478 e. The van der Waals surface area contributed by atoms with E-state index in [2.05, 4.69) is 9.97 Å². The number of benzene rings is 1. The minimum atomic E-state index is -1.27. The highest BCUT2D eigenvalue weighted by molar-refractivity contribution is 7.99. The van der Waals surface area contributed by atoms with E-state index in [0.29, 0.717) is 0 Å². The van der Waals surface area contributed by atoms with Gasteiger partial charge in [0.25, 0.3) is 11.2 Å². The molecule has 0 unspecified atom stereocenters. The van der Waals surface area contributed by atoms with Gasteiger partial charge in [0.1, 0.15) is 10.7 Å². The third kappa shape index (κ3) is 3.00. The van der Waals surface area contributed by atoms with E-state index in [1.54, 1.807) is 0 Å². The van der Waals surface area contributed by atoms with Crippen LogP contribution in [0.3, 0.4) is 0 Å². The maximum Gasteiger partial charge on any atom is 0.335 e. The number of nitrogens with one attached hydrogen (secondary N) is 1. The summed E-state index contributed by atoms with van der Waals surface area (Å²) in [5, 5.41) is 20.0. The summed E-state index contributed by atoms with van der Waals surface area (Å²) in [4.78, 5) is 38.7. The lowest BCUT2D eigenvalue weighted by atomic mass is 10.2. The third-order valence-electron chi connectivity index (χ3n) is 2.46. The van der Waals surface area contributed by atoms with Gasteiger partial charge in [-0.15, -0.1) is 0 Å². The Labute approximate surface area is 121 Å². The Kier molecular flexibility index (Phi) is 3.89. The van der Waals surface area contributed by atoms with Crippen LogP contribution in [0.15, 0.2) is 39.2 Å². The molecule has 0 amide bonds. The highest BCUT2D eigenvalue weighted by Crippen LogP contribution is 2.35. The number of hydrogen-bond acceptors (Lipinski definition) is 7. The lowest BCUT2D eigenvalue weighted by Crippen LogP contribution is -2.13. The Morgan fingerprint density at radius 3 is 2.81 bits per heavy atom. The van der Waals surface area contributed by atoms with Crippen molar-refractivity contribution in [1.82, 2.24) is 9.97 Å². The predicted molar refractivity (Wildman–Crippen MR) is 73.4 cm³/mol. The van der Waals surface area contributed by atoms with Crippen molar-refractivity contribution < 1.29 is 14.8 Å². The van der Waals surface area contributed by atoms with Gasteiger partial charge in [-0.05, 0) is 12.1 Å². The topological polar surface area (TPSA) is 152 Å². The zero-order chi connectivity index (χ0) is 15.6. The van der Waals surface area contributed by atoms with Gasteiger partial charge >= 0.3 is 5.97 Å². The summed E-state index contributed by atoms with van der Waals surface area (Å²) in [6.45, 7) is 0. The van der Waals surface area contributed by atoms with Gasteiger partial charge in [0, 0.05) is 6.07 Å². The van der Waals surface area contributed by atoms with Crippen LogP contribution in [-0.4, -0.2) is 26.0 Å². The molecule has 0 bridgehead atoms. The van der Waals surface area contributed by atoms with Crippen LogP contribution in [0.5, 0.6) is 0 Å². The maximum atomic E-state index is 11.3. The van der Waals surface area contributed by atoms with Crippen LogP contribution < -0.4 is 11.3 Å². The van der Waals surface area contributed by atoms with Crippen LogP contribution in [0.4, 0.5) is 11.4 Å². The standard InChI is InChI=1S/C11H8N4O5S/c12-8-9(16)13-4-14-10(8)21-7-2-1-5(11(17)18)3-6(7)15(19)20/h1-4H,12H2,(H,17,18)(H,13,14,16). The minimum absolute atomic E-state index is 0.102. The molecule has 10 heteroatoms. The molecule has 9 nitrogen and oxygen atoms in total. The van der Waals surface area contributed by atoms with Crippen molar-refractivity contribution in [3.8, 4) is 0 Å². The molecule has 0 radical (unpaired) electrons. The van der Waals surface area contributed by atoms with E-state index in [1.165, 1.54) is 12.1 Å². The number of carboxylic acid groups (broad SMARTS) is 1. The van der Waals surface area contributed by atoms with Crippen LogP contribution in [-0.2, 0) is 0 Å². The summed E-state index contributed by atoms with van der Waals surface area (Å²) in [6.07, 6.45) is 1.12. The van der Waals surface area contributed by atoms with Gasteiger partial charge in [-0.1, -0.05) is 11.8 Å². The lowest BCUT2D eigenvalue weighted by Gasteiger charge is -2.05. The van der Waals surface area contributed by atoms with Crippen molar-refractivity contribution >= 4 is 29.1 Å². The predicted octanol–water partition coefficient (Wildman–Crippen LogP) is 1.11. The molecule has 2 aromatic rings. The van der Waals surface area contributed by atoms with Gasteiger partial charge in [0.15, 0.2) is 0 Å². The minimum Gasteiger partial charge on any atom is -0.478 e. The number of aromatic nitrogens is 2. The molecular formula is C11H8N4O5S. The number of H-pyrrole nitrogens is 1. The Morgan fingerprint density at radius 2 is 2.19 bits per heavy atom. The molecular weight excluding hydrogens is 300 g/mol. The number of nitro groups is 1. The van der Waals surface area contributed by atoms with E-state index in [0.717, 1.165) is 24.2 Å². The summed E-state index contributed by atoms with van der Waals surface area (Å²) in [6, 6.07) is 3.43. The molecule has 1 aromatic heterocycles. The number of carboxylic acids is 1. The Morgan fingerprint density at radius 1 is 1.48 bits per heavy atom. The quantitative estimate of drug-likeness (QED) is 0.431. The molecule has 2 rings (SSSR count). The fraction of sp³-hybridized carbons (Fsp3) is 0. The second kappa shape index (κ2) is 5.63. The van der Waals surface area contributed by atoms with Gasteiger partial charge in [-0.2, -0.15) is 0 Å². The van der Waals surface area contributed by atoms with Crippen LogP contribution in [0.25, 0.3) is 0 Å². The number of nitrogens with zero attached hydrogens (tertiary/aromatic N) is 2. The summed E-state index contributed by atoms with van der Waals surface area (Å²) >= 11 is 0.813. The van der Waals surface area contributed by atoms with Gasteiger partial charge < -0.3 is 15.8 Å². The summed E-state index contributed by atoms with van der Waals surface area (Å²) in [5.41, 5.74) is 4.21. The number of hydrogen-bond donors (Lipinski definition) is 3. The maximum absolute atomic E-state index is 11.3. The van der Waals surface area contributed by atoms with Crippen LogP contribution in [0.2, 0.25) is 0 Å². The molecule has 0 fully saturated rings. The smallest absolute Gasteiger partial charge is 0.335 e. The van der Waals surface area contributed by atoms with Crippen LogP contribution >= 0.6 is 11.8 Å². The molecule has 0 spiro atoms. The Hall–Kier alpha value is -2.88. The molecule has 0 aliphatic carbocycles. The fourth-order valence-electron chi connectivity index (χ4n) is 1.46. The first-order chi connectivity index (χ1) is 9.90. The van der Waals surface area contributed by atoms with Crippen molar-refractivity contribution in [2.45, 2.75) is 9.92 Å². The molecule has 1 aromatic carbocycles. The third-order valence-corrected chi connectivity index (χ3v) is 3.55. The number of aromatic amines is 1. The number of carbonyl (C=O) groups is 1. The summed E-state index contributed by atoms with van der Waals surface area (Å²) < 4.78 is 0. The van der Waals surface area contributed by atoms with E-state index in [9.17, 15) is 19.7 Å². The van der Waals surface area contributed by atoms with Crippen LogP contribution in [0.1, 0.15) is 10.4 Å². The van der Waals surface area contributed by atoms with Crippen molar-refractivity contribution in [2.75, 3.05) is 5.73 Å². The van der Waals surface area contributed by atoms with E-state index in [4.69, 9.17) is 10.8 Å². The van der Waals surface area contributed by atoms with E-state index < -0.39 is 22.1 Å². The number of nitro benzene ring substituents is 1. The van der Waals surface area contributed by atoms with Crippen molar-refractivity contribution in [1.29, 1.82) is 0 Å². The summed E-state index contributed by atoms with van der Waals surface area (Å²) in [7, 11) is 0. The van der Waals surface area contributed by atoms with E-state index >= 15 is 0 Å². The van der Waals surface area contributed by atoms with Crippen molar-refractivity contribution in [3.63, 3.8) is 0 Å². The first kappa shape index (κ1) is 14.5. The van der Waals surface area contributed by atoms with Gasteiger partial charge in [0.2, 0.25) is 0 Å². The van der Waals surface area contributed by atoms with Crippen LogP contribution in [0, 0.1) is 10.1 Å². The Balaban J connectivity index is 2.49. The molecule has 4 N–H and O–H groups in total. The summed E-state index contributed by atoms with van der Waals surface area (Å²) in [5.74, 6) is -1.27. The number of rotatable bonds is 4. The second-order valence-corrected chi connectivity index (χ2v) is 4.83. The number of nitrogens with two attached hydrogens (primary N) is 1. The second-order valence-electron chi connectivity index (χ2n) is 3.80. The van der Waals surface area contributed by atoms with Gasteiger partial charge in [-0.3, -0.25) is 14.9 Å². The fourth-order valence-corrected chi connectivity index (χ4v) is 2.35. The average molecular weight is 308 g/mol. The highest BCUT2D eigenvalue weighted by atomic mass is 32.2. The van der Waals surface area contributed by atoms with Gasteiger partial charge in [-0.25, -0.2) is 9.78 Å². The molecule has 21 heavy (non-hydrogen) atoms. The zero-order valence-corrected chi connectivity index (χ0v) is 11.1. The average Bonchev–Trinajstić information content (AvgIpc) is 2.43. The molecule has 0 atom stereocenters. The molecule has 108 valence electrons. The Bertz CT molecular complexity index is 788. The number of nitrogen functional groups attached to an aromatic ring is 1. The van der Waals surface area contributed by atoms with Crippen molar-refractivity contribution in [3.05, 3.63) is 50.6 Å². The van der Waals surface area contributed by atoms with Crippen molar-refractivity contribution in [2.24, 2.45) is 0 Å². The number of anilines is 1. The molecule has 0 aliphatic heterocycles. The first-order valence-corrected chi connectivity index (χ1v) is 6.24. The normalized spacial score (nSPS) is 10.3. The lowest BCUT2D eigenvalue weighted by molar-refractivity contribution is -0.387. The SMILES string of the molecule is Nc1c(Sc2ccc(C(=O)O)cc2[N+](=O)[O-])nc[nH]c1=O. The first-order valence-electron chi connectivity index (χ1n) is 5.43. The van der Waals surface area contributed by atoms with E-state index in [1.807, 2.05) is 0 Å². The molecule has 0 saturated heterocycles. The monoisotopic (exact) mass is 308 g/mol.